The molecule has 1 fully saturated rings. The second kappa shape index (κ2) is 16.9. The van der Waals surface area contributed by atoms with Crippen molar-refractivity contribution in [1.29, 1.82) is 0 Å². The fourth-order valence-electron chi connectivity index (χ4n) is 0.891. The molecule has 0 aromatic carbocycles. The molecule has 96 valence electrons. The summed E-state index contributed by atoms with van der Waals surface area (Å²) >= 11 is 0. The maximum absolute atomic E-state index is 8.12. The number of terminal acetylenes is 1. The lowest BCUT2D eigenvalue weighted by Crippen LogP contribution is -2.03. The van der Waals surface area contributed by atoms with Gasteiger partial charge in [-0.3, -0.25) is 0 Å². The monoisotopic (exact) mass is 230 g/mol. The Labute approximate surface area is 100 Å². The molecule has 1 aliphatic rings. The summed E-state index contributed by atoms with van der Waals surface area (Å²) in [4.78, 5) is 0. The van der Waals surface area contributed by atoms with Gasteiger partial charge in [-0.25, -0.2) is 0 Å². The summed E-state index contributed by atoms with van der Waals surface area (Å²) in [5, 5.41) is 8.12. The first kappa shape index (κ1) is 17.8. The first-order chi connectivity index (χ1) is 7.68. The molecule has 0 aromatic rings. The normalized spacial score (nSPS) is 15.7. The predicted molar refractivity (Wildman–Crippen MR) is 67.4 cm³/mol. The smallest absolute Gasteiger partial charge is 0.111 e. The van der Waals surface area contributed by atoms with Crippen LogP contribution in [-0.4, -0.2) is 37.6 Å². The van der Waals surface area contributed by atoms with Gasteiger partial charge in [-0.1, -0.05) is 5.92 Å². The lowest BCUT2D eigenvalue weighted by Gasteiger charge is -2.08. The van der Waals surface area contributed by atoms with E-state index >= 15 is 0 Å². The standard InChI is InChI=1S/C5H10O.C4H10O.C4H6O/c1-2-4-6-5-3-1;1-3-5-4-2;1-3-4(2)5/h1-5H2;3-4H2,1-2H3;1,4-5H,2H3. The van der Waals surface area contributed by atoms with Gasteiger partial charge < -0.3 is 14.6 Å². The van der Waals surface area contributed by atoms with Gasteiger partial charge in [-0.15, -0.1) is 6.42 Å². The Bertz CT molecular complexity index is 132. The minimum Gasteiger partial charge on any atom is -0.382 e. The van der Waals surface area contributed by atoms with E-state index in [1.807, 2.05) is 13.8 Å². The summed E-state index contributed by atoms with van der Waals surface area (Å²) in [6.45, 7) is 9.21. The van der Waals surface area contributed by atoms with Crippen molar-refractivity contribution in [3.05, 3.63) is 0 Å². The number of hydrogen-bond donors (Lipinski definition) is 1. The SMILES string of the molecule is C#CC(C)O.C1CCOCC1.CCOCC. The molecule has 3 nitrogen and oxygen atoms in total. The quantitative estimate of drug-likeness (QED) is 0.739. The van der Waals surface area contributed by atoms with Gasteiger partial charge >= 0.3 is 0 Å². The lowest BCUT2D eigenvalue weighted by molar-refractivity contribution is 0.0968. The topological polar surface area (TPSA) is 38.7 Å². The van der Waals surface area contributed by atoms with Crippen LogP contribution in [-0.2, 0) is 9.47 Å². The molecule has 0 radical (unpaired) electrons. The molecule has 0 spiro atoms. The van der Waals surface area contributed by atoms with Gasteiger partial charge in [-0.2, -0.15) is 0 Å². The molecule has 1 rings (SSSR count). The van der Waals surface area contributed by atoms with E-state index in [1.165, 1.54) is 19.3 Å². The Hall–Kier alpha value is -0.560. The minimum atomic E-state index is -0.588. The van der Waals surface area contributed by atoms with Crippen molar-refractivity contribution in [3.8, 4) is 12.3 Å². The molecule has 1 saturated heterocycles. The number of hydrogen-bond acceptors (Lipinski definition) is 3. The van der Waals surface area contributed by atoms with Crippen LogP contribution >= 0.6 is 0 Å². The minimum absolute atomic E-state index is 0.588. The van der Waals surface area contributed by atoms with Crippen LogP contribution in [0.3, 0.4) is 0 Å². The van der Waals surface area contributed by atoms with Crippen LogP contribution in [0.15, 0.2) is 0 Å². The van der Waals surface area contributed by atoms with Gasteiger partial charge in [0.05, 0.1) is 0 Å². The van der Waals surface area contributed by atoms with Gasteiger partial charge in [0, 0.05) is 26.4 Å². The highest BCUT2D eigenvalue weighted by Gasteiger charge is 1.95. The van der Waals surface area contributed by atoms with Crippen molar-refractivity contribution < 1.29 is 14.6 Å². The number of aliphatic hydroxyl groups is 1. The number of ether oxygens (including phenoxy) is 2. The molecule has 3 heteroatoms. The van der Waals surface area contributed by atoms with E-state index in [9.17, 15) is 0 Å². The second-order valence-electron chi connectivity index (χ2n) is 3.30. The molecule has 1 unspecified atom stereocenters. The van der Waals surface area contributed by atoms with Gasteiger partial charge in [0.15, 0.2) is 0 Å². The largest absolute Gasteiger partial charge is 0.382 e. The van der Waals surface area contributed by atoms with E-state index in [0.29, 0.717) is 0 Å². The van der Waals surface area contributed by atoms with Crippen molar-refractivity contribution in [2.75, 3.05) is 26.4 Å². The molecule has 0 aliphatic carbocycles. The van der Waals surface area contributed by atoms with Crippen LogP contribution in [0.25, 0.3) is 0 Å². The van der Waals surface area contributed by atoms with Crippen molar-refractivity contribution in [2.24, 2.45) is 0 Å². The van der Waals surface area contributed by atoms with Gasteiger partial charge in [0.2, 0.25) is 0 Å². The zero-order chi connectivity index (χ0) is 12.6. The highest BCUT2D eigenvalue weighted by Crippen LogP contribution is 2.02. The fraction of sp³-hybridized carbons (Fsp3) is 0.846. The fourth-order valence-corrected chi connectivity index (χ4v) is 0.891. The van der Waals surface area contributed by atoms with Gasteiger partial charge in [0.1, 0.15) is 6.10 Å². The van der Waals surface area contributed by atoms with Crippen LogP contribution in [0.2, 0.25) is 0 Å². The molecule has 0 saturated carbocycles. The van der Waals surface area contributed by atoms with Crippen molar-refractivity contribution >= 4 is 0 Å². The molecular weight excluding hydrogens is 204 g/mol. The summed E-state index contributed by atoms with van der Waals surface area (Å²) in [6.07, 6.45) is 8.01. The second-order valence-corrected chi connectivity index (χ2v) is 3.30. The Kier molecular flexibility index (Phi) is 18.8. The van der Waals surface area contributed by atoms with E-state index in [1.54, 1.807) is 6.92 Å². The first-order valence-corrected chi connectivity index (χ1v) is 5.98. The first-order valence-electron chi connectivity index (χ1n) is 5.98. The highest BCUT2D eigenvalue weighted by molar-refractivity contribution is 4.89. The third-order valence-corrected chi connectivity index (χ3v) is 1.73. The highest BCUT2D eigenvalue weighted by atomic mass is 16.5. The molecule has 0 amide bonds. The summed E-state index contributed by atoms with van der Waals surface area (Å²) in [7, 11) is 0. The Morgan fingerprint density at radius 1 is 1.25 bits per heavy atom. The predicted octanol–water partition coefficient (Wildman–Crippen LogP) is 2.23. The van der Waals surface area contributed by atoms with E-state index in [4.69, 9.17) is 14.6 Å². The summed E-state index contributed by atoms with van der Waals surface area (Å²) < 4.78 is 9.90. The molecule has 0 aromatic heterocycles. The Balaban J connectivity index is 0. The van der Waals surface area contributed by atoms with E-state index < -0.39 is 6.10 Å². The summed E-state index contributed by atoms with van der Waals surface area (Å²) in [5.74, 6) is 2.08. The number of aliphatic hydroxyl groups excluding tert-OH is 1. The maximum Gasteiger partial charge on any atom is 0.111 e. The van der Waals surface area contributed by atoms with Crippen LogP contribution in [0.5, 0.6) is 0 Å². The molecule has 0 bridgehead atoms. The van der Waals surface area contributed by atoms with Gasteiger partial charge in [0.25, 0.3) is 0 Å². The molecule has 16 heavy (non-hydrogen) atoms. The summed E-state index contributed by atoms with van der Waals surface area (Å²) in [6, 6.07) is 0. The summed E-state index contributed by atoms with van der Waals surface area (Å²) in [5.41, 5.74) is 0. The Morgan fingerprint density at radius 3 is 1.75 bits per heavy atom. The zero-order valence-corrected chi connectivity index (χ0v) is 10.9. The van der Waals surface area contributed by atoms with E-state index in [-0.39, 0.29) is 0 Å². The molecule has 1 aliphatic heterocycles. The molecule has 1 N–H and O–H groups in total. The average molecular weight is 230 g/mol. The van der Waals surface area contributed by atoms with Gasteiger partial charge in [-0.05, 0) is 40.0 Å². The third kappa shape index (κ3) is 23.3. The van der Waals surface area contributed by atoms with Crippen molar-refractivity contribution in [3.63, 3.8) is 0 Å². The molecular formula is C13H26O3. The lowest BCUT2D eigenvalue weighted by atomic mass is 10.2. The third-order valence-electron chi connectivity index (χ3n) is 1.73. The maximum atomic E-state index is 8.12. The van der Waals surface area contributed by atoms with Crippen molar-refractivity contribution in [2.45, 2.75) is 46.1 Å². The Morgan fingerprint density at radius 2 is 1.69 bits per heavy atom. The van der Waals surface area contributed by atoms with Crippen LogP contribution in [0, 0.1) is 12.3 Å². The molecule has 1 heterocycles. The number of rotatable bonds is 2. The molecule has 1 atom stereocenters. The van der Waals surface area contributed by atoms with Crippen LogP contribution in [0.1, 0.15) is 40.0 Å². The van der Waals surface area contributed by atoms with Crippen LogP contribution in [0.4, 0.5) is 0 Å². The van der Waals surface area contributed by atoms with E-state index in [2.05, 4.69) is 12.3 Å². The van der Waals surface area contributed by atoms with E-state index in [0.717, 1.165) is 26.4 Å². The average Bonchev–Trinajstić information content (AvgIpc) is 2.34. The van der Waals surface area contributed by atoms with Crippen LogP contribution < -0.4 is 0 Å². The van der Waals surface area contributed by atoms with Crippen molar-refractivity contribution in [1.82, 2.24) is 0 Å². The zero-order valence-electron chi connectivity index (χ0n) is 10.9.